The van der Waals surface area contributed by atoms with E-state index in [0.29, 0.717) is 45.2 Å². The smallest absolute Gasteiger partial charge is 0.326 e. The standard InChI is InChI=1S/C22H33N5O5/c23-11-5-4-9-16(25-19(28)14-24)20(29)26-17(13-15-7-2-1-3-8-15)21(30)27-12-6-10-18(27)22(31)32/h1-3,7-8,16-18H,4-6,9-14,23-24H2,(H,25,28)(H,26,29)(H,31,32). The van der Waals surface area contributed by atoms with Crippen LogP contribution in [0.5, 0.6) is 0 Å². The minimum atomic E-state index is -1.06. The summed E-state index contributed by atoms with van der Waals surface area (Å²) in [4.78, 5) is 51.0. The monoisotopic (exact) mass is 447 g/mol. The van der Waals surface area contributed by atoms with Gasteiger partial charge in [-0.3, -0.25) is 14.4 Å². The molecule has 10 nitrogen and oxygen atoms in total. The van der Waals surface area contributed by atoms with Crippen molar-refractivity contribution in [2.24, 2.45) is 11.5 Å². The average molecular weight is 448 g/mol. The Morgan fingerprint density at radius 3 is 2.41 bits per heavy atom. The van der Waals surface area contributed by atoms with Crippen molar-refractivity contribution in [1.29, 1.82) is 0 Å². The van der Waals surface area contributed by atoms with E-state index in [1.165, 1.54) is 4.90 Å². The summed E-state index contributed by atoms with van der Waals surface area (Å²) in [5, 5.41) is 14.8. The first kappa shape index (κ1) is 25.3. The lowest BCUT2D eigenvalue weighted by Crippen LogP contribution is -2.56. The summed E-state index contributed by atoms with van der Waals surface area (Å²) in [6.07, 6.45) is 2.81. The fourth-order valence-electron chi connectivity index (χ4n) is 3.82. The molecule has 176 valence electrons. The average Bonchev–Trinajstić information content (AvgIpc) is 3.28. The van der Waals surface area contributed by atoms with E-state index in [1.807, 2.05) is 30.3 Å². The number of rotatable bonds is 12. The molecule has 1 heterocycles. The zero-order valence-electron chi connectivity index (χ0n) is 18.2. The van der Waals surface area contributed by atoms with Crippen LogP contribution in [0.3, 0.4) is 0 Å². The summed E-state index contributed by atoms with van der Waals surface area (Å²) in [5.41, 5.74) is 11.7. The number of carboxylic acids is 1. The summed E-state index contributed by atoms with van der Waals surface area (Å²) >= 11 is 0. The molecule has 0 aliphatic carbocycles. The van der Waals surface area contributed by atoms with Crippen LogP contribution in [-0.2, 0) is 25.6 Å². The highest BCUT2D eigenvalue weighted by molar-refractivity contribution is 5.94. The molecule has 2 rings (SSSR count). The molecule has 0 aromatic heterocycles. The van der Waals surface area contributed by atoms with E-state index in [1.54, 1.807) is 0 Å². The number of carboxylic acid groups (broad SMARTS) is 1. The number of nitrogens with zero attached hydrogens (tertiary/aromatic N) is 1. The Morgan fingerprint density at radius 1 is 1.06 bits per heavy atom. The highest BCUT2D eigenvalue weighted by atomic mass is 16.4. The van der Waals surface area contributed by atoms with E-state index < -0.39 is 41.8 Å². The van der Waals surface area contributed by atoms with Gasteiger partial charge < -0.3 is 32.1 Å². The topological polar surface area (TPSA) is 168 Å². The van der Waals surface area contributed by atoms with Gasteiger partial charge in [0.25, 0.3) is 0 Å². The molecule has 1 aromatic carbocycles. The van der Waals surface area contributed by atoms with Gasteiger partial charge in [-0.1, -0.05) is 30.3 Å². The molecule has 3 unspecified atom stereocenters. The molecule has 0 radical (unpaired) electrons. The van der Waals surface area contributed by atoms with E-state index in [4.69, 9.17) is 11.5 Å². The molecule has 0 saturated carbocycles. The predicted octanol–water partition coefficient (Wildman–Crippen LogP) is -0.638. The molecular weight excluding hydrogens is 414 g/mol. The first-order valence-electron chi connectivity index (χ1n) is 10.9. The van der Waals surface area contributed by atoms with Gasteiger partial charge in [0.1, 0.15) is 18.1 Å². The Kier molecular flexibility index (Phi) is 10.1. The lowest BCUT2D eigenvalue weighted by atomic mass is 10.0. The number of unbranched alkanes of at least 4 members (excludes halogenated alkanes) is 1. The van der Waals surface area contributed by atoms with Gasteiger partial charge >= 0.3 is 5.97 Å². The van der Waals surface area contributed by atoms with Crippen LogP contribution in [0.2, 0.25) is 0 Å². The molecule has 0 bridgehead atoms. The summed E-state index contributed by atoms with van der Waals surface area (Å²) < 4.78 is 0. The Bertz CT molecular complexity index is 788. The number of benzene rings is 1. The largest absolute Gasteiger partial charge is 0.480 e. The highest BCUT2D eigenvalue weighted by Crippen LogP contribution is 2.20. The maximum atomic E-state index is 13.3. The second kappa shape index (κ2) is 12.8. The normalized spacial score (nSPS) is 17.4. The zero-order valence-corrected chi connectivity index (χ0v) is 18.2. The van der Waals surface area contributed by atoms with Crippen molar-refractivity contribution in [3.05, 3.63) is 35.9 Å². The molecule has 1 saturated heterocycles. The summed E-state index contributed by atoms with van der Waals surface area (Å²) in [7, 11) is 0. The maximum Gasteiger partial charge on any atom is 0.326 e. The number of likely N-dealkylation sites (tertiary alicyclic amines) is 1. The van der Waals surface area contributed by atoms with Crippen molar-refractivity contribution in [2.45, 2.75) is 56.7 Å². The van der Waals surface area contributed by atoms with Crippen LogP contribution in [0.1, 0.15) is 37.7 Å². The number of nitrogens with one attached hydrogen (secondary N) is 2. The third kappa shape index (κ3) is 7.31. The summed E-state index contributed by atoms with van der Waals surface area (Å²) in [5.74, 6) is -2.49. The molecule has 32 heavy (non-hydrogen) atoms. The number of aliphatic carboxylic acids is 1. The number of hydrogen-bond acceptors (Lipinski definition) is 6. The van der Waals surface area contributed by atoms with Crippen LogP contribution in [0, 0.1) is 0 Å². The van der Waals surface area contributed by atoms with Gasteiger partial charge in [0.2, 0.25) is 17.7 Å². The minimum Gasteiger partial charge on any atom is -0.480 e. The van der Waals surface area contributed by atoms with E-state index in [0.717, 1.165) is 5.56 Å². The summed E-state index contributed by atoms with van der Waals surface area (Å²) in [6.45, 7) is 0.516. The fourth-order valence-corrected chi connectivity index (χ4v) is 3.82. The molecule has 10 heteroatoms. The first-order chi connectivity index (χ1) is 15.4. The highest BCUT2D eigenvalue weighted by Gasteiger charge is 2.38. The van der Waals surface area contributed by atoms with Crippen LogP contribution in [-0.4, -0.2) is 71.5 Å². The van der Waals surface area contributed by atoms with Crippen LogP contribution in [0.4, 0.5) is 0 Å². The van der Waals surface area contributed by atoms with Gasteiger partial charge in [0.15, 0.2) is 0 Å². The number of carbonyl (C=O) groups excluding carboxylic acids is 3. The van der Waals surface area contributed by atoms with Crippen LogP contribution >= 0.6 is 0 Å². The van der Waals surface area contributed by atoms with Gasteiger partial charge in [-0.2, -0.15) is 0 Å². The fraction of sp³-hybridized carbons (Fsp3) is 0.545. The second-order valence-corrected chi connectivity index (χ2v) is 7.89. The molecule has 1 fully saturated rings. The zero-order chi connectivity index (χ0) is 23.5. The van der Waals surface area contributed by atoms with Crippen molar-refractivity contribution in [2.75, 3.05) is 19.6 Å². The van der Waals surface area contributed by atoms with Crippen LogP contribution in [0.15, 0.2) is 30.3 Å². The van der Waals surface area contributed by atoms with Gasteiger partial charge in [0, 0.05) is 13.0 Å². The molecule has 1 aliphatic rings. The van der Waals surface area contributed by atoms with Crippen molar-refractivity contribution < 1.29 is 24.3 Å². The Morgan fingerprint density at radius 2 is 1.78 bits per heavy atom. The Labute approximate surface area is 187 Å². The molecule has 7 N–H and O–H groups in total. The maximum absolute atomic E-state index is 13.3. The van der Waals surface area contributed by atoms with Gasteiger partial charge in [-0.25, -0.2) is 4.79 Å². The van der Waals surface area contributed by atoms with Crippen molar-refractivity contribution >= 4 is 23.7 Å². The number of amides is 3. The SMILES string of the molecule is NCCCCC(NC(=O)CN)C(=O)NC(Cc1ccccc1)C(=O)N1CCCC1C(=O)O. The minimum absolute atomic E-state index is 0.203. The van der Waals surface area contributed by atoms with Crippen LogP contribution < -0.4 is 22.1 Å². The van der Waals surface area contributed by atoms with Crippen molar-refractivity contribution in [1.82, 2.24) is 15.5 Å². The molecule has 1 aromatic rings. The van der Waals surface area contributed by atoms with Gasteiger partial charge in [-0.15, -0.1) is 0 Å². The molecule has 3 atom stereocenters. The predicted molar refractivity (Wildman–Crippen MR) is 118 cm³/mol. The van der Waals surface area contributed by atoms with E-state index in [-0.39, 0.29) is 13.0 Å². The van der Waals surface area contributed by atoms with E-state index in [9.17, 15) is 24.3 Å². The van der Waals surface area contributed by atoms with E-state index >= 15 is 0 Å². The molecule has 3 amide bonds. The number of nitrogens with two attached hydrogens (primary N) is 2. The van der Waals surface area contributed by atoms with E-state index in [2.05, 4.69) is 10.6 Å². The van der Waals surface area contributed by atoms with Crippen molar-refractivity contribution in [3.63, 3.8) is 0 Å². The van der Waals surface area contributed by atoms with Gasteiger partial charge in [0.05, 0.1) is 6.54 Å². The third-order valence-electron chi connectivity index (χ3n) is 5.50. The Balaban J connectivity index is 2.21. The third-order valence-corrected chi connectivity index (χ3v) is 5.50. The number of carbonyl (C=O) groups is 4. The molecule has 1 aliphatic heterocycles. The van der Waals surface area contributed by atoms with Crippen LogP contribution in [0.25, 0.3) is 0 Å². The lowest BCUT2D eigenvalue weighted by molar-refractivity contribution is -0.149. The lowest BCUT2D eigenvalue weighted by Gasteiger charge is -2.29. The number of hydrogen-bond donors (Lipinski definition) is 5. The van der Waals surface area contributed by atoms with Crippen molar-refractivity contribution in [3.8, 4) is 0 Å². The second-order valence-electron chi connectivity index (χ2n) is 7.89. The first-order valence-corrected chi connectivity index (χ1v) is 10.9. The Hall–Kier alpha value is -2.98. The van der Waals surface area contributed by atoms with Gasteiger partial charge in [-0.05, 0) is 44.2 Å². The quantitative estimate of drug-likeness (QED) is 0.266. The molecule has 0 spiro atoms. The summed E-state index contributed by atoms with van der Waals surface area (Å²) in [6, 6.07) is 6.43. The molecular formula is C22H33N5O5.